The molecule has 1 N–H and O–H groups in total. The average Bonchev–Trinajstić information content (AvgIpc) is 2.75. The highest BCUT2D eigenvalue weighted by atomic mass is 15.2. The van der Waals surface area contributed by atoms with Crippen molar-refractivity contribution in [2.45, 2.75) is 90.1 Å². The lowest BCUT2D eigenvalue weighted by Gasteiger charge is -2.44. The van der Waals surface area contributed by atoms with Gasteiger partial charge in [-0.05, 0) is 65.6 Å². The lowest BCUT2D eigenvalue weighted by molar-refractivity contribution is 0.0795. The largest absolute Gasteiger partial charge is 0.312 e. The molecule has 0 aromatic heterocycles. The summed E-state index contributed by atoms with van der Waals surface area (Å²) in [5, 5.41) is 3.77. The van der Waals surface area contributed by atoms with Gasteiger partial charge in [-0.25, -0.2) is 0 Å². The molecule has 0 aliphatic carbocycles. The lowest BCUT2D eigenvalue weighted by Crippen LogP contribution is -2.58. The van der Waals surface area contributed by atoms with Crippen LogP contribution in [0.15, 0.2) is 12.7 Å². The molecular formula is C19H38N2. The number of likely N-dealkylation sites (tertiary alicyclic amines) is 1. The number of rotatable bonds is 10. The highest BCUT2D eigenvalue weighted by Crippen LogP contribution is 2.26. The topological polar surface area (TPSA) is 15.3 Å². The van der Waals surface area contributed by atoms with Crippen molar-refractivity contribution >= 4 is 0 Å². The van der Waals surface area contributed by atoms with Gasteiger partial charge in [-0.1, -0.05) is 38.7 Å². The summed E-state index contributed by atoms with van der Waals surface area (Å²) in [6.07, 6.45) is 14.1. The zero-order valence-electron chi connectivity index (χ0n) is 14.8. The molecule has 1 fully saturated rings. The third-order valence-electron chi connectivity index (χ3n) is 5.13. The zero-order chi connectivity index (χ0) is 15.6. The van der Waals surface area contributed by atoms with Crippen molar-refractivity contribution in [1.29, 1.82) is 0 Å². The van der Waals surface area contributed by atoms with Crippen molar-refractivity contribution in [3.05, 3.63) is 12.7 Å². The van der Waals surface area contributed by atoms with E-state index in [0.717, 1.165) is 6.54 Å². The number of hydrogen-bond acceptors (Lipinski definition) is 2. The van der Waals surface area contributed by atoms with Crippen molar-refractivity contribution < 1.29 is 0 Å². The van der Waals surface area contributed by atoms with Gasteiger partial charge < -0.3 is 5.32 Å². The molecule has 21 heavy (non-hydrogen) atoms. The summed E-state index contributed by atoms with van der Waals surface area (Å²) in [5.41, 5.74) is 0.277. The molecule has 0 amide bonds. The maximum absolute atomic E-state index is 3.81. The number of hydrogen-bond donors (Lipinski definition) is 1. The van der Waals surface area contributed by atoms with E-state index in [1.165, 1.54) is 70.9 Å². The van der Waals surface area contributed by atoms with E-state index in [2.05, 4.69) is 37.6 Å². The van der Waals surface area contributed by atoms with E-state index in [4.69, 9.17) is 0 Å². The Balaban J connectivity index is 2.51. The Hall–Kier alpha value is -0.340. The van der Waals surface area contributed by atoms with Crippen molar-refractivity contribution in [2.24, 2.45) is 0 Å². The molecule has 0 bridgehead atoms. The average molecular weight is 295 g/mol. The van der Waals surface area contributed by atoms with Crippen LogP contribution in [-0.2, 0) is 0 Å². The quantitative estimate of drug-likeness (QED) is 0.462. The van der Waals surface area contributed by atoms with E-state index >= 15 is 0 Å². The highest BCUT2D eigenvalue weighted by Gasteiger charge is 2.34. The molecule has 0 radical (unpaired) electrons. The van der Waals surface area contributed by atoms with Crippen LogP contribution in [0.3, 0.4) is 0 Å². The van der Waals surface area contributed by atoms with Crippen molar-refractivity contribution in [3.8, 4) is 0 Å². The fourth-order valence-corrected chi connectivity index (χ4v) is 3.63. The molecule has 0 spiro atoms. The van der Waals surface area contributed by atoms with Gasteiger partial charge in [0.2, 0.25) is 0 Å². The minimum Gasteiger partial charge on any atom is -0.312 e. The number of likely N-dealkylation sites (N-methyl/N-ethyl adjacent to an activating group) is 1. The van der Waals surface area contributed by atoms with Crippen LogP contribution in [-0.4, -0.2) is 36.1 Å². The summed E-state index contributed by atoms with van der Waals surface area (Å²) in [7, 11) is 0. The standard InChI is InChI=1S/C19H38N2/c1-5-7-8-9-12-15-18(20-6-2)19(3,4)21-16-13-10-11-14-17-21/h5,18,20H,1,6-17H2,2-4H3. The number of nitrogens with one attached hydrogen (secondary N) is 1. The first-order chi connectivity index (χ1) is 10.1. The Kier molecular flexibility index (Phi) is 9.26. The van der Waals surface area contributed by atoms with Gasteiger partial charge in [-0.15, -0.1) is 6.58 Å². The van der Waals surface area contributed by atoms with Crippen molar-refractivity contribution in [2.75, 3.05) is 19.6 Å². The normalized spacial score (nSPS) is 19.2. The van der Waals surface area contributed by atoms with E-state index in [1.807, 2.05) is 6.08 Å². The molecule has 1 aliphatic heterocycles. The van der Waals surface area contributed by atoms with Crippen molar-refractivity contribution in [3.63, 3.8) is 0 Å². The van der Waals surface area contributed by atoms with Crippen LogP contribution in [0.4, 0.5) is 0 Å². The summed E-state index contributed by atoms with van der Waals surface area (Å²) in [5.74, 6) is 0. The maximum Gasteiger partial charge on any atom is 0.0306 e. The van der Waals surface area contributed by atoms with Crippen LogP contribution in [0.1, 0.15) is 78.6 Å². The van der Waals surface area contributed by atoms with Gasteiger partial charge in [0.1, 0.15) is 0 Å². The molecule has 1 heterocycles. The fourth-order valence-electron chi connectivity index (χ4n) is 3.63. The lowest BCUT2D eigenvalue weighted by atomic mass is 9.87. The Labute approximate surface area is 133 Å². The first-order valence-electron chi connectivity index (χ1n) is 9.22. The molecule has 0 aromatic carbocycles. The van der Waals surface area contributed by atoms with Crippen LogP contribution in [0.5, 0.6) is 0 Å². The molecule has 0 saturated carbocycles. The monoisotopic (exact) mass is 294 g/mol. The van der Waals surface area contributed by atoms with Crippen LogP contribution in [0, 0.1) is 0 Å². The highest BCUT2D eigenvalue weighted by molar-refractivity contribution is 4.94. The maximum atomic E-state index is 3.81. The van der Waals surface area contributed by atoms with Gasteiger partial charge in [0.25, 0.3) is 0 Å². The second-order valence-electron chi connectivity index (χ2n) is 7.09. The second kappa shape index (κ2) is 10.4. The van der Waals surface area contributed by atoms with E-state index < -0.39 is 0 Å². The molecular weight excluding hydrogens is 256 g/mol. The summed E-state index contributed by atoms with van der Waals surface area (Å²) >= 11 is 0. The van der Waals surface area contributed by atoms with Crippen LogP contribution in [0.2, 0.25) is 0 Å². The predicted octanol–water partition coefficient (Wildman–Crippen LogP) is 4.76. The van der Waals surface area contributed by atoms with Crippen LogP contribution >= 0.6 is 0 Å². The van der Waals surface area contributed by atoms with E-state index in [0.29, 0.717) is 6.04 Å². The molecule has 1 aliphatic rings. The molecule has 2 nitrogen and oxygen atoms in total. The van der Waals surface area contributed by atoms with Gasteiger partial charge in [-0.2, -0.15) is 0 Å². The molecule has 1 unspecified atom stereocenters. The van der Waals surface area contributed by atoms with E-state index in [1.54, 1.807) is 0 Å². The minimum absolute atomic E-state index is 0.277. The van der Waals surface area contributed by atoms with E-state index in [-0.39, 0.29) is 5.54 Å². The molecule has 1 rings (SSSR count). The zero-order valence-corrected chi connectivity index (χ0v) is 14.8. The van der Waals surface area contributed by atoms with E-state index in [9.17, 15) is 0 Å². The minimum atomic E-state index is 0.277. The summed E-state index contributed by atoms with van der Waals surface area (Å²) < 4.78 is 0. The molecule has 124 valence electrons. The second-order valence-corrected chi connectivity index (χ2v) is 7.09. The van der Waals surface area contributed by atoms with Gasteiger partial charge in [0.05, 0.1) is 0 Å². The Bertz CT molecular complexity index is 265. The Morgan fingerprint density at radius 1 is 1.10 bits per heavy atom. The Morgan fingerprint density at radius 3 is 2.33 bits per heavy atom. The number of allylic oxidation sites excluding steroid dienone is 1. The molecule has 0 aromatic rings. The van der Waals surface area contributed by atoms with Crippen LogP contribution < -0.4 is 5.32 Å². The smallest absolute Gasteiger partial charge is 0.0306 e. The predicted molar refractivity (Wildman–Crippen MR) is 94.9 cm³/mol. The molecule has 1 atom stereocenters. The SMILES string of the molecule is C=CCCCCCC(NCC)C(C)(C)N1CCCCCC1. The summed E-state index contributed by atoms with van der Waals surface area (Å²) in [4.78, 5) is 2.75. The fraction of sp³-hybridized carbons (Fsp3) is 0.895. The van der Waals surface area contributed by atoms with Gasteiger partial charge >= 0.3 is 0 Å². The van der Waals surface area contributed by atoms with Crippen molar-refractivity contribution in [1.82, 2.24) is 10.2 Å². The van der Waals surface area contributed by atoms with Gasteiger partial charge in [-0.3, -0.25) is 4.90 Å². The summed E-state index contributed by atoms with van der Waals surface area (Å²) in [6.45, 7) is 14.6. The number of unbranched alkanes of at least 4 members (excludes halogenated alkanes) is 3. The molecule has 2 heteroatoms. The third kappa shape index (κ3) is 6.52. The third-order valence-corrected chi connectivity index (χ3v) is 5.13. The summed E-state index contributed by atoms with van der Waals surface area (Å²) in [6, 6.07) is 0.615. The first-order valence-corrected chi connectivity index (χ1v) is 9.22. The molecule has 1 saturated heterocycles. The van der Waals surface area contributed by atoms with Gasteiger partial charge in [0, 0.05) is 11.6 Å². The number of nitrogens with zero attached hydrogens (tertiary/aromatic N) is 1. The van der Waals surface area contributed by atoms with Crippen LogP contribution in [0.25, 0.3) is 0 Å². The Morgan fingerprint density at radius 2 is 1.76 bits per heavy atom. The first kappa shape index (κ1) is 18.7. The van der Waals surface area contributed by atoms with Gasteiger partial charge in [0.15, 0.2) is 0 Å².